The molecular weight excluding hydrogens is 320 g/mol. The maximum Gasteiger partial charge on any atom is 0.303 e. The predicted octanol–water partition coefficient (Wildman–Crippen LogP) is 2.91. The quantitative estimate of drug-likeness (QED) is 0.383. The van der Waals surface area contributed by atoms with Crippen LogP contribution in [0.3, 0.4) is 0 Å². The smallest absolute Gasteiger partial charge is 0.303 e. The van der Waals surface area contributed by atoms with Gasteiger partial charge in [0.05, 0.1) is 18.3 Å². The standard InChI is InChI=1S/C20H30O5/c1-2-17(21)11-8-5-9-14-18(22)12-6-3-4-7-13-19(23)15-10-16-20(24)25/h3-9,11-13,17-19,21-23H,2,10,14-16H2,1H3,(H,24,25)/b4-3+,9-5+,11-8+,12-6+,13-7+. The Balaban J connectivity index is 3.95. The maximum atomic E-state index is 10.3. The van der Waals surface area contributed by atoms with Crippen LogP contribution < -0.4 is 0 Å². The van der Waals surface area contributed by atoms with Gasteiger partial charge in [-0.3, -0.25) is 4.79 Å². The molecule has 25 heavy (non-hydrogen) atoms. The first-order valence-corrected chi connectivity index (χ1v) is 8.56. The summed E-state index contributed by atoms with van der Waals surface area (Å²) in [6.45, 7) is 1.90. The Hall–Kier alpha value is -1.95. The van der Waals surface area contributed by atoms with E-state index in [0.29, 0.717) is 25.7 Å². The lowest BCUT2D eigenvalue weighted by molar-refractivity contribution is -0.137. The van der Waals surface area contributed by atoms with Crippen LogP contribution in [0.5, 0.6) is 0 Å². The molecule has 0 radical (unpaired) electrons. The van der Waals surface area contributed by atoms with Crippen molar-refractivity contribution in [2.45, 2.75) is 57.3 Å². The predicted molar refractivity (Wildman–Crippen MR) is 100 cm³/mol. The highest BCUT2D eigenvalue weighted by molar-refractivity contribution is 5.66. The first kappa shape index (κ1) is 23.1. The van der Waals surface area contributed by atoms with Crippen molar-refractivity contribution < 1.29 is 25.2 Å². The van der Waals surface area contributed by atoms with Crippen LogP contribution in [0.25, 0.3) is 0 Å². The van der Waals surface area contributed by atoms with Gasteiger partial charge >= 0.3 is 5.97 Å². The third-order valence-corrected chi connectivity index (χ3v) is 3.27. The van der Waals surface area contributed by atoms with Crippen LogP contribution >= 0.6 is 0 Å². The Morgan fingerprint density at radius 2 is 1.40 bits per heavy atom. The molecule has 0 aliphatic heterocycles. The lowest BCUT2D eigenvalue weighted by Crippen LogP contribution is -2.03. The van der Waals surface area contributed by atoms with Gasteiger partial charge in [0.1, 0.15) is 0 Å². The molecule has 0 aromatic carbocycles. The summed E-state index contributed by atoms with van der Waals surface area (Å²) < 4.78 is 0. The van der Waals surface area contributed by atoms with Crippen LogP contribution in [-0.2, 0) is 4.79 Å². The van der Waals surface area contributed by atoms with E-state index < -0.39 is 24.3 Å². The third-order valence-electron chi connectivity index (χ3n) is 3.27. The van der Waals surface area contributed by atoms with E-state index in [4.69, 9.17) is 5.11 Å². The number of aliphatic hydroxyl groups excluding tert-OH is 3. The number of hydrogen-bond donors (Lipinski definition) is 4. The van der Waals surface area contributed by atoms with Crippen LogP contribution in [0.15, 0.2) is 60.8 Å². The fourth-order valence-corrected chi connectivity index (χ4v) is 1.78. The van der Waals surface area contributed by atoms with Crippen LogP contribution in [0, 0.1) is 0 Å². The van der Waals surface area contributed by atoms with E-state index in [2.05, 4.69) is 0 Å². The second kappa shape index (κ2) is 15.6. The molecule has 0 saturated carbocycles. The Labute approximate surface area is 150 Å². The number of hydrogen-bond acceptors (Lipinski definition) is 4. The Morgan fingerprint density at radius 3 is 2.00 bits per heavy atom. The second-order valence-corrected chi connectivity index (χ2v) is 5.60. The molecule has 0 aliphatic carbocycles. The fourth-order valence-electron chi connectivity index (χ4n) is 1.78. The van der Waals surface area contributed by atoms with Crippen LogP contribution in [-0.4, -0.2) is 44.7 Å². The van der Waals surface area contributed by atoms with Crippen molar-refractivity contribution in [3.05, 3.63) is 60.8 Å². The van der Waals surface area contributed by atoms with Gasteiger partial charge in [-0.2, -0.15) is 0 Å². The summed E-state index contributed by atoms with van der Waals surface area (Å²) >= 11 is 0. The minimum absolute atomic E-state index is 0.0603. The van der Waals surface area contributed by atoms with Crippen LogP contribution in [0.2, 0.25) is 0 Å². The van der Waals surface area contributed by atoms with E-state index in [-0.39, 0.29) is 6.42 Å². The molecule has 0 aromatic rings. The highest BCUT2D eigenvalue weighted by atomic mass is 16.4. The van der Waals surface area contributed by atoms with E-state index in [1.165, 1.54) is 0 Å². The molecule has 3 atom stereocenters. The normalized spacial score (nSPS) is 16.6. The van der Waals surface area contributed by atoms with E-state index in [9.17, 15) is 20.1 Å². The molecule has 4 N–H and O–H groups in total. The van der Waals surface area contributed by atoms with Crippen LogP contribution in [0.1, 0.15) is 39.0 Å². The number of aliphatic hydroxyl groups is 3. The summed E-state index contributed by atoms with van der Waals surface area (Å²) in [4.78, 5) is 10.3. The number of carboxylic acid groups (broad SMARTS) is 1. The molecule has 0 heterocycles. The zero-order valence-electron chi connectivity index (χ0n) is 14.7. The van der Waals surface area contributed by atoms with Gasteiger partial charge in [-0.1, -0.05) is 67.7 Å². The molecule has 0 bridgehead atoms. The zero-order valence-corrected chi connectivity index (χ0v) is 14.7. The van der Waals surface area contributed by atoms with E-state index >= 15 is 0 Å². The monoisotopic (exact) mass is 350 g/mol. The molecule has 0 spiro atoms. The SMILES string of the molecule is CCC(O)/C=C/C=C/CC(O)/C=C/C=C/C=C/C(O)CCCC(=O)O. The topological polar surface area (TPSA) is 98.0 Å². The first-order chi connectivity index (χ1) is 12.0. The van der Waals surface area contributed by atoms with Gasteiger partial charge in [0.2, 0.25) is 0 Å². The fraction of sp³-hybridized carbons (Fsp3) is 0.450. The van der Waals surface area contributed by atoms with Crippen molar-refractivity contribution in [3.8, 4) is 0 Å². The van der Waals surface area contributed by atoms with Crippen molar-refractivity contribution in [1.82, 2.24) is 0 Å². The van der Waals surface area contributed by atoms with E-state index in [1.54, 1.807) is 54.7 Å². The van der Waals surface area contributed by atoms with Gasteiger partial charge < -0.3 is 20.4 Å². The Bertz CT molecular complexity index is 488. The molecule has 3 unspecified atom stereocenters. The van der Waals surface area contributed by atoms with Gasteiger partial charge in [0.25, 0.3) is 0 Å². The number of aliphatic carboxylic acids is 1. The number of carbonyl (C=O) groups is 1. The zero-order chi connectivity index (χ0) is 18.9. The molecule has 0 saturated heterocycles. The van der Waals surface area contributed by atoms with Gasteiger partial charge in [-0.25, -0.2) is 0 Å². The molecule has 0 rings (SSSR count). The lowest BCUT2D eigenvalue weighted by atomic mass is 10.1. The first-order valence-electron chi connectivity index (χ1n) is 8.56. The minimum atomic E-state index is -0.857. The van der Waals surface area contributed by atoms with E-state index in [1.807, 2.05) is 13.0 Å². The maximum absolute atomic E-state index is 10.3. The van der Waals surface area contributed by atoms with Crippen molar-refractivity contribution in [2.75, 3.05) is 0 Å². The molecule has 0 fully saturated rings. The summed E-state index contributed by atoms with van der Waals surface area (Å²) in [6.07, 6.45) is 17.6. The van der Waals surface area contributed by atoms with E-state index in [0.717, 1.165) is 0 Å². The van der Waals surface area contributed by atoms with Crippen molar-refractivity contribution in [1.29, 1.82) is 0 Å². The summed E-state index contributed by atoms with van der Waals surface area (Å²) in [5.74, 6) is -0.857. The van der Waals surface area contributed by atoms with Crippen molar-refractivity contribution >= 4 is 5.97 Å². The molecule has 0 aromatic heterocycles. The molecule has 5 heteroatoms. The largest absolute Gasteiger partial charge is 0.481 e. The summed E-state index contributed by atoms with van der Waals surface area (Å²) in [5, 5.41) is 37.2. The molecule has 5 nitrogen and oxygen atoms in total. The lowest BCUT2D eigenvalue weighted by Gasteiger charge is -2.02. The Kier molecular flexibility index (Phi) is 14.4. The number of carboxylic acids is 1. The molecule has 0 aliphatic rings. The molecular formula is C20H30O5. The molecule has 0 amide bonds. The van der Waals surface area contributed by atoms with Gasteiger partial charge in [0.15, 0.2) is 0 Å². The third kappa shape index (κ3) is 16.7. The van der Waals surface area contributed by atoms with Gasteiger partial charge in [0, 0.05) is 6.42 Å². The molecule has 140 valence electrons. The highest BCUT2D eigenvalue weighted by Crippen LogP contribution is 2.02. The van der Waals surface area contributed by atoms with Crippen molar-refractivity contribution in [2.24, 2.45) is 0 Å². The van der Waals surface area contributed by atoms with Gasteiger partial charge in [-0.15, -0.1) is 0 Å². The van der Waals surface area contributed by atoms with Crippen molar-refractivity contribution in [3.63, 3.8) is 0 Å². The summed E-state index contributed by atoms with van der Waals surface area (Å²) in [7, 11) is 0. The Morgan fingerprint density at radius 1 is 0.840 bits per heavy atom. The highest BCUT2D eigenvalue weighted by Gasteiger charge is 2.01. The second-order valence-electron chi connectivity index (χ2n) is 5.60. The summed E-state index contributed by atoms with van der Waals surface area (Å²) in [5.41, 5.74) is 0. The summed E-state index contributed by atoms with van der Waals surface area (Å²) in [6, 6.07) is 0. The minimum Gasteiger partial charge on any atom is -0.481 e. The van der Waals surface area contributed by atoms with Crippen LogP contribution in [0.4, 0.5) is 0 Å². The number of allylic oxidation sites excluding steroid dienone is 6. The average Bonchev–Trinajstić information content (AvgIpc) is 2.57. The number of rotatable bonds is 13. The van der Waals surface area contributed by atoms with Gasteiger partial charge in [-0.05, 0) is 25.7 Å². The average molecular weight is 350 g/mol.